The highest BCUT2D eigenvalue weighted by Gasteiger charge is 2.51. The summed E-state index contributed by atoms with van der Waals surface area (Å²) in [5.74, 6) is 0. The lowest BCUT2D eigenvalue weighted by Crippen LogP contribution is -2.41. The maximum Gasteiger partial charge on any atom is 0.494 e. The largest absolute Gasteiger partial charge is 0.494 e. The van der Waals surface area contributed by atoms with Crippen LogP contribution in [0.4, 0.5) is 8.78 Å². The van der Waals surface area contributed by atoms with Crippen LogP contribution in [0.2, 0.25) is 0 Å². The zero-order valence-corrected chi connectivity index (χ0v) is 13.4. The zero-order valence-electron chi connectivity index (χ0n) is 13.4. The molecule has 1 atom stereocenters. The van der Waals surface area contributed by atoms with Gasteiger partial charge < -0.3 is 14.0 Å². The molecule has 2 aliphatic rings. The topological polar surface area (TPSA) is 27.7 Å². The summed E-state index contributed by atoms with van der Waals surface area (Å²) in [5.41, 5.74) is 2.03. The Kier molecular flexibility index (Phi) is 3.82. The normalized spacial score (nSPS) is 25.8. The van der Waals surface area contributed by atoms with E-state index in [1.54, 1.807) is 0 Å². The van der Waals surface area contributed by atoms with Crippen LogP contribution in [0.5, 0.6) is 0 Å². The van der Waals surface area contributed by atoms with E-state index in [9.17, 15) is 8.78 Å². The lowest BCUT2D eigenvalue weighted by Gasteiger charge is -2.32. The van der Waals surface area contributed by atoms with Gasteiger partial charge in [-0.05, 0) is 57.1 Å². The molecule has 1 saturated heterocycles. The van der Waals surface area contributed by atoms with Gasteiger partial charge in [-0.25, -0.2) is 0 Å². The second kappa shape index (κ2) is 5.29. The molecule has 1 aromatic carbocycles. The standard InChI is InChI=1S/C16H21BF2O3/c1-15(2)16(3,4)22-17(21-15)11-6-7-12-10(9-11)5-8-13(12)20-14(18)19/h6-7,9,13-14H,5,8H2,1-4H3. The van der Waals surface area contributed by atoms with E-state index in [1.807, 2.05) is 45.9 Å². The monoisotopic (exact) mass is 310 g/mol. The molecule has 0 N–H and O–H groups in total. The fourth-order valence-corrected chi connectivity index (χ4v) is 2.99. The number of ether oxygens (including phenoxy) is 1. The Morgan fingerprint density at radius 1 is 1.18 bits per heavy atom. The van der Waals surface area contributed by atoms with Gasteiger partial charge in [-0.2, -0.15) is 8.78 Å². The summed E-state index contributed by atoms with van der Waals surface area (Å²) in [7, 11) is -0.426. The predicted molar refractivity (Wildman–Crippen MR) is 80.3 cm³/mol. The Morgan fingerprint density at radius 3 is 2.41 bits per heavy atom. The van der Waals surface area contributed by atoms with Gasteiger partial charge in [0, 0.05) is 0 Å². The van der Waals surface area contributed by atoms with Gasteiger partial charge in [0.15, 0.2) is 0 Å². The number of rotatable bonds is 3. The first kappa shape index (κ1) is 15.9. The third-order valence-electron chi connectivity index (χ3n) is 4.98. The van der Waals surface area contributed by atoms with Crippen molar-refractivity contribution in [3.8, 4) is 0 Å². The maximum absolute atomic E-state index is 12.4. The molecule has 0 spiro atoms. The van der Waals surface area contributed by atoms with Crippen molar-refractivity contribution >= 4 is 12.6 Å². The van der Waals surface area contributed by atoms with Gasteiger partial charge in [-0.3, -0.25) is 0 Å². The van der Waals surface area contributed by atoms with Crippen LogP contribution in [0.25, 0.3) is 0 Å². The Balaban J connectivity index is 1.82. The molecule has 1 aliphatic heterocycles. The van der Waals surface area contributed by atoms with E-state index in [0.29, 0.717) is 6.42 Å². The summed E-state index contributed by atoms with van der Waals surface area (Å²) in [4.78, 5) is 0. The highest BCUT2D eigenvalue weighted by atomic mass is 19.3. The average molecular weight is 310 g/mol. The molecule has 1 unspecified atom stereocenters. The summed E-state index contributed by atoms with van der Waals surface area (Å²) in [6.07, 6.45) is 0.814. The van der Waals surface area contributed by atoms with Crippen molar-refractivity contribution in [3.05, 3.63) is 29.3 Å². The number of halogens is 2. The lowest BCUT2D eigenvalue weighted by atomic mass is 9.78. The van der Waals surface area contributed by atoms with Gasteiger partial charge in [-0.15, -0.1) is 0 Å². The van der Waals surface area contributed by atoms with Crippen molar-refractivity contribution in [1.82, 2.24) is 0 Å². The molecule has 0 aromatic heterocycles. The van der Waals surface area contributed by atoms with Crippen LogP contribution in [0, 0.1) is 0 Å². The van der Waals surface area contributed by atoms with Crippen molar-refractivity contribution in [2.45, 2.75) is 64.5 Å². The smallest absolute Gasteiger partial charge is 0.399 e. The van der Waals surface area contributed by atoms with Gasteiger partial charge in [0.2, 0.25) is 0 Å². The van der Waals surface area contributed by atoms with E-state index >= 15 is 0 Å². The Hall–Kier alpha value is -0.975. The molecule has 1 aromatic rings. The first-order valence-corrected chi connectivity index (χ1v) is 7.61. The van der Waals surface area contributed by atoms with Crippen LogP contribution in [-0.4, -0.2) is 24.9 Å². The summed E-state index contributed by atoms with van der Waals surface area (Å²) >= 11 is 0. The Bertz CT molecular complexity index is 559. The van der Waals surface area contributed by atoms with Gasteiger partial charge in [0.25, 0.3) is 0 Å². The first-order valence-electron chi connectivity index (χ1n) is 7.61. The SMILES string of the molecule is CC1(C)OB(c2ccc3c(c2)CCC3OC(F)F)OC1(C)C. The zero-order chi connectivity index (χ0) is 16.1. The lowest BCUT2D eigenvalue weighted by molar-refractivity contribution is -0.164. The fraction of sp³-hybridized carbons (Fsp3) is 0.625. The number of hydrogen-bond acceptors (Lipinski definition) is 3. The average Bonchev–Trinajstić information content (AvgIpc) is 2.88. The molecule has 1 heterocycles. The van der Waals surface area contributed by atoms with Crippen LogP contribution in [0.1, 0.15) is 51.3 Å². The van der Waals surface area contributed by atoms with E-state index in [1.165, 1.54) is 0 Å². The van der Waals surface area contributed by atoms with Crippen molar-refractivity contribution in [2.75, 3.05) is 0 Å². The van der Waals surface area contributed by atoms with Gasteiger partial charge in [0.1, 0.15) is 0 Å². The van der Waals surface area contributed by atoms with E-state index in [4.69, 9.17) is 9.31 Å². The minimum atomic E-state index is -2.74. The molecule has 1 aliphatic carbocycles. The van der Waals surface area contributed by atoms with Crippen LogP contribution < -0.4 is 5.46 Å². The minimum absolute atomic E-state index is 0.391. The summed E-state index contributed by atoms with van der Waals surface area (Å²) in [6, 6.07) is 5.73. The molecular formula is C16H21BF2O3. The van der Waals surface area contributed by atoms with E-state index < -0.39 is 31.0 Å². The summed E-state index contributed by atoms with van der Waals surface area (Å²) < 4.78 is 41.6. The summed E-state index contributed by atoms with van der Waals surface area (Å²) in [5, 5.41) is 0. The summed E-state index contributed by atoms with van der Waals surface area (Å²) in [6.45, 7) is 5.29. The molecule has 0 amide bonds. The van der Waals surface area contributed by atoms with E-state index in [-0.39, 0.29) is 0 Å². The number of hydrogen-bond donors (Lipinski definition) is 0. The van der Waals surface area contributed by atoms with Gasteiger partial charge >= 0.3 is 13.7 Å². The second-order valence-corrected chi connectivity index (χ2v) is 6.97. The number of aryl methyl sites for hydroxylation is 1. The molecule has 6 heteroatoms. The highest BCUT2D eigenvalue weighted by Crippen LogP contribution is 2.38. The van der Waals surface area contributed by atoms with Crippen molar-refractivity contribution in [2.24, 2.45) is 0 Å². The predicted octanol–water partition coefficient (Wildman–Crippen LogP) is 3.21. The Morgan fingerprint density at radius 2 is 1.82 bits per heavy atom. The van der Waals surface area contributed by atoms with Gasteiger partial charge in [0.05, 0.1) is 17.3 Å². The molecule has 1 fully saturated rings. The maximum atomic E-state index is 12.4. The third kappa shape index (κ3) is 2.68. The van der Waals surface area contributed by atoms with Crippen molar-refractivity contribution in [3.63, 3.8) is 0 Å². The molecule has 22 heavy (non-hydrogen) atoms. The molecular weight excluding hydrogens is 289 g/mol. The van der Waals surface area contributed by atoms with Crippen LogP contribution >= 0.6 is 0 Å². The molecule has 0 bridgehead atoms. The quantitative estimate of drug-likeness (QED) is 0.802. The molecule has 0 radical (unpaired) electrons. The number of alkyl halides is 2. The highest BCUT2D eigenvalue weighted by molar-refractivity contribution is 6.62. The van der Waals surface area contributed by atoms with E-state index in [2.05, 4.69) is 4.74 Å². The van der Waals surface area contributed by atoms with Crippen LogP contribution in [0.15, 0.2) is 18.2 Å². The molecule has 3 nitrogen and oxygen atoms in total. The van der Waals surface area contributed by atoms with Gasteiger partial charge in [-0.1, -0.05) is 18.2 Å². The number of benzene rings is 1. The second-order valence-electron chi connectivity index (χ2n) is 6.97. The minimum Gasteiger partial charge on any atom is -0.399 e. The van der Waals surface area contributed by atoms with Crippen LogP contribution in [0.3, 0.4) is 0 Å². The Labute approximate surface area is 130 Å². The van der Waals surface area contributed by atoms with Crippen molar-refractivity contribution < 1.29 is 22.8 Å². The number of fused-ring (bicyclic) bond motifs is 1. The molecule has 3 rings (SSSR count). The first-order chi connectivity index (χ1) is 10.2. The van der Waals surface area contributed by atoms with E-state index in [0.717, 1.165) is 23.0 Å². The van der Waals surface area contributed by atoms with Crippen LogP contribution in [-0.2, 0) is 20.5 Å². The molecule has 0 saturated carbocycles. The van der Waals surface area contributed by atoms with Crippen molar-refractivity contribution in [1.29, 1.82) is 0 Å². The molecule has 120 valence electrons. The fourth-order valence-electron chi connectivity index (χ4n) is 2.99. The third-order valence-corrected chi connectivity index (χ3v) is 4.98.